The van der Waals surface area contributed by atoms with E-state index in [0.717, 1.165) is 23.5 Å². The highest BCUT2D eigenvalue weighted by Crippen LogP contribution is 2.33. The summed E-state index contributed by atoms with van der Waals surface area (Å²) in [6.07, 6.45) is -2.53. The molecule has 0 amide bonds. The fraction of sp³-hybridized carbons (Fsp3) is 0.348. The molecular formula is C23H25F3N2O6S3. The molecule has 2 atom stereocenters. The van der Waals surface area contributed by atoms with Crippen LogP contribution in [0.1, 0.15) is 23.2 Å². The lowest BCUT2D eigenvalue weighted by atomic mass is 10.0. The van der Waals surface area contributed by atoms with Gasteiger partial charge in [0.1, 0.15) is 9.58 Å². The number of carbonyl (C=O) groups is 1. The van der Waals surface area contributed by atoms with E-state index in [1.54, 1.807) is 4.90 Å². The standard InChI is InChI=1S/C23H25F3N2O6S3/c1-3-19(23(24,25)26)36(31,32)17-7-5-6-16(14-17)27-15-8-11-28(12-9-15)20(4-2)37(33,34)22-18(21(29)30)10-13-35-22/h3-7,10,13-15,19-20,27H,1-2,8-9,11-12H2,(H,29,30). The van der Waals surface area contributed by atoms with Crippen molar-refractivity contribution in [2.45, 2.75) is 44.8 Å². The molecule has 1 saturated heterocycles. The topological polar surface area (TPSA) is 121 Å². The summed E-state index contributed by atoms with van der Waals surface area (Å²) in [6.45, 7) is 7.23. The van der Waals surface area contributed by atoms with Crippen LogP contribution in [0.25, 0.3) is 0 Å². The maximum atomic E-state index is 13.2. The van der Waals surface area contributed by atoms with Crippen LogP contribution in [0.4, 0.5) is 18.9 Å². The van der Waals surface area contributed by atoms with E-state index in [2.05, 4.69) is 18.5 Å². The lowest BCUT2D eigenvalue weighted by molar-refractivity contribution is -0.121. The Bertz CT molecular complexity index is 1380. The number of nitrogens with one attached hydrogen (secondary N) is 1. The van der Waals surface area contributed by atoms with E-state index in [4.69, 9.17) is 0 Å². The minimum absolute atomic E-state index is 0.212. The number of likely N-dealkylation sites (tertiary alicyclic amines) is 1. The SMILES string of the molecule is C=CC(N1CCC(Nc2cccc(S(=O)(=O)C(C=C)C(F)(F)F)c2)CC1)S(=O)(=O)c1sccc1C(=O)O. The molecule has 3 rings (SSSR count). The Labute approximate surface area is 217 Å². The Kier molecular flexibility index (Phi) is 8.57. The fourth-order valence-corrected chi connectivity index (χ4v) is 8.74. The number of rotatable bonds is 10. The number of piperidine rings is 1. The first-order chi connectivity index (χ1) is 17.2. The Hall–Kier alpha value is -2.68. The molecule has 1 aliphatic rings. The van der Waals surface area contributed by atoms with Crippen LogP contribution in [0.15, 0.2) is 70.1 Å². The monoisotopic (exact) mass is 578 g/mol. The Balaban J connectivity index is 1.72. The van der Waals surface area contributed by atoms with Gasteiger partial charge in [0.25, 0.3) is 0 Å². The summed E-state index contributed by atoms with van der Waals surface area (Å²) in [5.74, 6) is -1.34. The molecule has 0 aliphatic carbocycles. The van der Waals surface area contributed by atoms with Crippen molar-refractivity contribution in [3.63, 3.8) is 0 Å². The fourth-order valence-electron chi connectivity index (χ4n) is 4.14. The van der Waals surface area contributed by atoms with Gasteiger partial charge >= 0.3 is 12.1 Å². The van der Waals surface area contributed by atoms with Crippen molar-refractivity contribution in [1.29, 1.82) is 0 Å². The number of hydrogen-bond donors (Lipinski definition) is 2. The maximum Gasteiger partial charge on any atom is 0.409 e. The number of thiophene rings is 1. The zero-order valence-corrected chi connectivity index (χ0v) is 21.8. The Morgan fingerprint density at radius 1 is 1.11 bits per heavy atom. The molecule has 2 aromatic rings. The van der Waals surface area contributed by atoms with Gasteiger partial charge in [0, 0.05) is 24.8 Å². The van der Waals surface area contributed by atoms with Gasteiger partial charge < -0.3 is 10.4 Å². The number of nitrogens with zero attached hydrogens (tertiary/aromatic N) is 1. The number of halogens is 3. The van der Waals surface area contributed by atoms with Crippen molar-refractivity contribution in [2.75, 3.05) is 18.4 Å². The van der Waals surface area contributed by atoms with Gasteiger partial charge in [-0.25, -0.2) is 21.6 Å². The molecule has 1 aromatic carbocycles. The molecule has 2 heterocycles. The van der Waals surface area contributed by atoms with Crippen molar-refractivity contribution in [1.82, 2.24) is 4.90 Å². The number of aromatic carboxylic acids is 1. The van der Waals surface area contributed by atoms with Gasteiger partial charge in [-0.05, 0) is 42.5 Å². The molecule has 1 aliphatic heterocycles. The third kappa shape index (κ3) is 6.08. The van der Waals surface area contributed by atoms with Crippen LogP contribution in [-0.4, -0.2) is 68.7 Å². The molecule has 2 N–H and O–H groups in total. The van der Waals surface area contributed by atoms with Gasteiger partial charge in [-0.3, -0.25) is 4.90 Å². The first kappa shape index (κ1) is 28.9. The number of benzene rings is 1. The lowest BCUT2D eigenvalue weighted by Crippen LogP contribution is -2.47. The van der Waals surface area contributed by atoms with Crippen molar-refractivity contribution >= 4 is 42.7 Å². The molecule has 0 saturated carbocycles. The van der Waals surface area contributed by atoms with Crippen molar-refractivity contribution in [2.24, 2.45) is 0 Å². The molecule has 2 unspecified atom stereocenters. The van der Waals surface area contributed by atoms with E-state index in [9.17, 15) is 39.9 Å². The van der Waals surface area contributed by atoms with E-state index in [1.165, 1.54) is 29.7 Å². The first-order valence-corrected chi connectivity index (χ1v) is 14.9. The minimum atomic E-state index is -5.01. The quantitative estimate of drug-likeness (QED) is 0.403. The Morgan fingerprint density at radius 3 is 2.30 bits per heavy atom. The van der Waals surface area contributed by atoms with Crippen LogP contribution in [0, 0.1) is 0 Å². The van der Waals surface area contributed by atoms with Crippen molar-refractivity contribution < 1.29 is 39.9 Å². The van der Waals surface area contributed by atoms with Gasteiger partial charge in [0.15, 0.2) is 15.1 Å². The van der Waals surface area contributed by atoms with E-state index in [-0.39, 0.29) is 15.8 Å². The summed E-state index contributed by atoms with van der Waals surface area (Å²) >= 11 is 0.822. The molecule has 37 heavy (non-hydrogen) atoms. The van der Waals surface area contributed by atoms with Crippen molar-refractivity contribution in [3.05, 3.63) is 66.6 Å². The van der Waals surface area contributed by atoms with E-state index < -0.39 is 47.3 Å². The number of sulfone groups is 2. The molecular weight excluding hydrogens is 553 g/mol. The van der Waals surface area contributed by atoms with E-state index in [0.29, 0.717) is 37.7 Å². The average Bonchev–Trinajstić information content (AvgIpc) is 3.32. The van der Waals surface area contributed by atoms with Crippen LogP contribution in [0.3, 0.4) is 0 Å². The normalized spacial score (nSPS) is 17.6. The maximum absolute atomic E-state index is 13.2. The lowest BCUT2D eigenvalue weighted by Gasteiger charge is -2.36. The largest absolute Gasteiger partial charge is 0.478 e. The third-order valence-corrected chi connectivity index (χ3v) is 11.5. The smallest absolute Gasteiger partial charge is 0.409 e. The molecule has 14 heteroatoms. The number of carboxylic acids is 1. The highest BCUT2D eigenvalue weighted by atomic mass is 32.2. The zero-order chi connectivity index (χ0) is 27.6. The average molecular weight is 579 g/mol. The summed E-state index contributed by atoms with van der Waals surface area (Å²) in [7, 11) is -8.80. The van der Waals surface area contributed by atoms with E-state index >= 15 is 0 Å². The third-order valence-electron chi connectivity index (χ3n) is 5.93. The van der Waals surface area contributed by atoms with Gasteiger partial charge in [0.05, 0.1) is 10.5 Å². The predicted octanol–water partition coefficient (Wildman–Crippen LogP) is 4.20. The van der Waals surface area contributed by atoms with Crippen LogP contribution < -0.4 is 5.32 Å². The molecule has 1 fully saturated rings. The van der Waals surface area contributed by atoms with Crippen LogP contribution >= 0.6 is 11.3 Å². The molecule has 8 nitrogen and oxygen atoms in total. The highest BCUT2D eigenvalue weighted by molar-refractivity contribution is 7.94. The minimum Gasteiger partial charge on any atom is -0.478 e. The zero-order valence-electron chi connectivity index (χ0n) is 19.4. The molecule has 202 valence electrons. The molecule has 0 radical (unpaired) electrons. The van der Waals surface area contributed by atoms with Gasteiger partial charge in [-0.2, -0.15) is 13.2 Å². The highest BCUT2D eigenvalue weighted by Gasteiger charge is 2.47. The van der Waals surface area contributed by atoms with Crippen molar-refractivity contribution in [3.8, 4) is 0 Å². The second-order valence-corrected chi connectivity index (χ2v) is 13.5. The van der Waals surface area contributed by atoms with Crippen LogP contribution in [-0.2, 0) is 19.7 Å². The number of hydrogen-bond acceptors (Lipinski definition) is 8. The second-order valence-electron chi connectivity index (χ2n) is 8.32. The number of anilines is 1. The van der Waals surface area contributed by atoms with Crippen LogP contribution in [0.2, 0.25) is 0 Å². The van der Waals surface area contributed by atoms with Gasteiger partial charge in [0.2, 0.25) is 9.84 Å². The van der Waals surface area contributed by atoms with Crippen LogP contribution in [0.5, 0.6) is 0 Å². The van der Waals surface area contributed by atoms with Gasteiger partial charge in [-0.1, -0.05) is 18.2 Å². The predicted molar refractivity (Wildman–Crippen MR) is 134 cm³/mol. The molecule has 0 spiro atoms. The summed E-state index contributed by atoms with van der Waals surface area (Å²) < 4.78 is 90.8. The molecule has 0 bridgehead atoms. The van der Waals surface area contributed by atoms with Gasteiger partial charge in [-0.15, -0.1) is 24.5 Å². The summed E-state index contributed by atoms with van der Waals surface area (Å²) in [6, 6.07) is 6.10. The second kappa shape index (κ2) is 11.0. The summed E-state index contributed by atoms with van der Waals surface area (Å²) in [5, 5.41) is 9.93. The summed E-state index contributed by atoms with van der Waals surface area (Å²) in [4.78, 5) is 12.6. The first-order valence-electron chi connectivity index (χ1n) is 10.9. The Morgan fingerprint density at radius 2 is 1.76 bits per heavy atom. The molecule has 1 aromatic heterocycles. The van der Waals surface area contributed by atoms with E-state index in [1.807, 2.05) is 0 Å². The summed E-state index contributed by atoms with van der Waals surface area (Å²) in [5.41, 5.74) is 0.00884. The number of carboxylic acid groups (broad SMARTS) is 1. The number of alkyl halides is 3.